The van der Waals surface area contributed by atoms with Crippen LogP contribution in [-0.4, -0.2) is 29.9 Å². The number of amides is 1. The summed E-state index contributed by atoms with van der Waals surface area (Å²) in [5, 5.41) is 7.05. The minimum absolute atomic E-state index is 0.0229. The SMILES string of the molecule is O=C([C@H]1CNCC[C@@H]1c1cccc(-c2ccccc2)c1)N(Cc1csc2ccccc12)C1CC1. The predicted octanol–water partition coefficient (Wildman–Crippen LogP) is 6.45. The Morgan fingerprint density at radius 2 is 1.71 bits per heavy atom. The van der Waals surface area contributed by atoms with E-state index in [0.717, 1.165) is 38.9 Å². The van der Waals surface area contributed by atoms with Crippen LogP contribution in [0.1, 0.15) is 36.3 Å². The second kappa shape index (κ2) is 9.36. The summed E-state index contributed by atoms with van der Waals surface area (Å²) in [5.74, 6) is 0.545. The summed E-state index contributed by atoms with van der Waals surface area (Å²) in [7, 11) is 0. The van der Waals surface area contributed by atoms with E-state index in [9.17, 15) is 4.79 Å². The molecular formula is C30H30N2OS. The third kappa shape index (κ3) is 4.28. The summed E-state index contributed by atoms with van der Waals surface area (Å²) in [6, 6.07) is 28.3. The van der Waals surface area contributed by atoms with Crippen LogP contribution < -0.4 is 5.32 Å². The Bertz CT molecular complexity index is 1290. The molecule has 34 heavy (non-hydrogen) atoms. The molecule has 1 amide bonds. The number of hydrogen-bond acceptors (Lipinski definition) is 3. The van der Waals surface area contributed by atoms with E-state index in [0.29, 0.717) is 11.9 Å². The highest BCUT2D eigenvalue weighted by Gasteiger charge is 2.40. The first-order valence-electron chi connectivity index (χ1n) is 12.4. The summed E-state index contributed by atoms with van der Waals surface area (Å²) in [6.07, 6.45) is 3.25. The van der Waals surface area contributed by atoms with Gasteiger partial charge < -0.3 is 10.2 Å². The number of rotatable bonds is 6. The van der Waals surface area contributed by atoms with E-state index < -0.39 is 0 Å². The van der Waals surface area contributed by atoms with Gasteiger partial charge in [-0.05, 0) is 70.8 Å². The molecule has 1 saturated carbocycles. The maximum atomic E-state index is 14.1. The Kier molecular flexibility index (Phi) is 5.94. The van der Waals surface area contributed by atoms with Gasteiger partial charge in [0.1, 0.15) is 0 Å². The lowest BCUT2D eigenvalue weighted by Gasteiger charge is -2.36. The van der Waals surface area contributed by atoms with Crippen LogP contribution in [0.25, 0.3) is 21.2 Å². The van der Waals surface area contributed by atoms with Gasteiger partial charge in [0, 0.05) is 23.8 Å². The van der Waals surface area contributed by atoms with Crippen molar-refractivity contribution in [2.24, 2.45) is 5.92 Å². The van der Waals surface area contributed by atoms with Crippen molar-refractivity contribution in [1.82, 2.24) is 10.2 Å². The maximum Gasteiger partial charge on any atom is 0.228 e. The molecule has 1 saturated heterocycles. The van der Waals surface area contributed by atoms with Crippen LogP contribution in [-0.2, 0) is 11.3 Å². The Balaban J connectivity index is 1.28. The Labute approximate surface area is 205 Å². The molecule has 4 aromatic rings. The van der Waals surface area contributed by atoms with Crippen LogP contribution in [0.15, 0.2) is 84.2 Å². The normalized spacial score (nSPS) is 20.4. The van der Waals surface area contributed by atoms with Gasteiger partial charge in [0.15, 0.2) is 0 Å². The number of hydrogen-bond donors (Lipinski definition) is 1. The van der Waals surface area contributed by atoms with Crippen molar-refractivity contribution >= 4 is 27.3 Å². The number of piperidine rings is 1. The summed E-state index contributed by atoms with van der Waals surface area (Å²) in [5.41, 5.74) is 5.03. The summed E-state index contributed by atoms with van der Waals surface area (Å²) < 4.78 is 1.30. The first-order chi connectivity index (χ1) is 16.8. The Morgan fingerprint density at radius 1 is 0.912 bits per heavy atom. The number of benzene rings is 3. The van der Waals surface area contributed by atoms with Crippen molar-refractivity contribution in [2.75, 3.05) is 13.1 Å². The van der Waals surface area contributed by atoms with Gasteiger partial charge in [-0.25, -0.2) is 0 Å². The van der Waals surface area contributed by atoms with E-state index in [2.05, 4.69) is 94.5 Å². The van der Waals surface area contributed by atoms with E-state index in [1.807, 2.05) is 0 Å². The summed E-state index contributed by atoms with van der Waals surface area (Å²) >= 11 is 1.78. The van der Waals surface area contributed by atoms with Crippen molar-refractivity contribution in [2.45, 2.75) is 37.8 Å². The third-order valence-corrected chi connectivity index (χ3v) is 8.41. The van der Waals surface area contributed by atoms with E-state index in [1.54, 1.807) is 11.3 Å². The minimum Gasteiger partial charge on any atom is -0.335 e. The maximum absolute atomic E-state index is 14.1. The van der Waals surface area contributed by atoms with Crippen molar-refractivity contribution in [3.63, 3.8) is 0 Å². The fourth-order valence-corrected chi connectivity index (χ4v) is 6.38. The molecule has 172 valence electrons. The number of carbonyl (C=O) groups excluding carboxylic acids is 1. The minimum atomic E-state index is -0.0229. The molecule has 0 radical (unpaired) electrons. The van der Waals surface area contributed by atoms with Gasteiger partial charge in [0.05, 0.1) is 5.92 Å². The fraction of sp³-hybridized carbons (Fsp3) is 0.300. The second-order valence-corrected chi connectivity index (χ2v) is 10.6. The lowest BCUT2D eigenvalue weighted by atomic mass is 9.79. The van der Waals surface area contributed by atoms with Crippen molar-refractivity contribution in [3.8, 4) is 11.1 Å². The van der Waals surface area contributed by atoms with Gasteiger partial charge in [-0.2, -0.15) is 0 Å². The molecule has 2 aliphatic rings. The molecule has 4 heteroatoms. The van der Waals surface area contributed by atoms with Crippen LogP contribution in [0.3, 0.4) is 0 Å². The van der Waals surface area contributed by atoms with Gasteiger partial charge >= 0.3 is 0 Å². The van der Waals surface area contributed by atoms with Gasteiger partial charge in [0.2, 0.25) is 5.91 Å². The molecule has 0 bridgehead atoms. The van der Waals surface area contributed by atoms with E-state index >= 15 is 0 Å². The monoisotopic (exact) mass is 466 g/mol. The van der Waals surface area contributed by atoms with Crippen molar-refractivity contribution in [3.05, 3.63) is 95.4 Å². The van der Waals surface area contributed by atoms with E-state index in [-0.39, 0.29) is 11.8 Å². The molecule has 3 nitrogen and oxygen atoms in total. The molecule has 1 aliphatic heterocycles. The average molecular weight is 467 g/mol. The quantitative estimate of drug-likeness (QED) is 0.354. The smallest absolute Gasteiger partial charge is 0.228 e. The topological polar surface area (TPSA) is 32.3 Å². The molecule has 3 aromatic carbocycles. The largest absolute Gasteiger partial charge is 0.335 e. The van der Waals surface area contributed by atoms with Gasteiger partial charge in [0.25, 0.3) is 0 Å². The predicted molar refractivity (Wildman–Crippen MR) is 141 cm³/mol. The molecule has 1 aliphatic carbocycles. The highest BCUT2D eigenvalue weighted by atomic mass is 32.1. The highest BCUT2D eigenvalue weighted by molar-refractivity contribution is 7.17. The first kappa shape index (κ1) is 21.6. The highest BCUT2D eigenvalue weighted by Crippen LogP contribution is 2.38. The molecule has 2 atom stereocenters. The first-order valence-corrected chi connectivity index (χ1v) is 13.3. The van der Waals surface area contributed by atoms with Gasteiger partial charge in [-0.15, -0.1) is 11.3 Å². The van der Waals surface area contributed by atoms with E-state index in [4.69, 9.17) is 0 Å². The van der Waals surface area contributed by atoms with Crippen LogP contribution in [0.5, 0.6) is 0 Å². The Hall–Kier alpha value is -2.95. The third-order valence-electron chi connectivity index (χ3n) is 7.39. The van der Waals surface area contributed by atoms with Crippen molar-refractivity contribution < 1.29 is 4.79 Å². The lowest BCUT2D eigenvalue weighted by Crippen LogP contribution is -2.47. The number of thiophene rings is 1. The Morgan fingerprint density at radius 3 is 2.56 bits per heavy atom. The average Bonchev–Trinajstić information content (AvgIpc) is 3.67. The zero-order chi connectivity index (χ0) is 22.9. The van der Waals surface area contributed by atoms with Crippen molar-refractivity contribution in [1.29, 1.82) is 0 Å². The molecule has 1 N–H and O–H groups in total. The number of carbonyl (C=O) groups is 1. The fourth-order valence-electron chi connectivity index (χ4n) is 5.42. The van der Waals surface area contributed by atoms with Crippen LogP contribution >= 0.6 is 11.3 Å². The number of nitrogens with one attached hydrogen (secondary N) is 1. The standard InChI is InChI=1S/C30H30N2OS/c33-30(32(25-13-14-25)19-24-20-34-29-12-5-4-11-27(24)29)28-18-31-16-15-26(28)23-10-6-9-22(17-23)21-7-2-1-3-8-21/h1-12,17,20,25-26,28,31H,13-16,18-19H2/t26-,28+/m1/s1. The molecule has 6 rings (SSSR count). The molecule has 0 spiro atoms. The second-order valence-electron chi connectivity index (χ2n) is 9.65. The van der Waals surface area contributed by atoms with E-state index in [1.165, 1.54) is 32.3 Å². The summed E-state index contributed by atoms with van der Waals surface area (Å²) in [6.45, 7) is 2.44. The van der Waals surface area contributed by atoms with Gasteiger partial charge in [-0.3, -0.25) is 4.79 Å². The van der Waals surface area contributed by atoms with Crippen LogP contribution in [0.4, 0.5) is 0 Å². The molecule has 1 aromatic heterocycles. The molecule has 2 fully saturated rings. The van der Waals surface area contributed by atoms with Crippen LogP contribution in [0.2, 0.25) is 0 Å². The molecular weight excluding hydrogens is 436 g/mol. The molecule has 2 heterocycles. The lowest BCUT2D eigenvalue weighted by molar-refractivity contribution is -0.138. The van der Waals surface area contributed by atoms with Gasteiger partial charge in [-0.1, -0.05) is 72.8 Å². The zero-order valence-electron chi connectivity index (χ0n) is 19.3. The number of nitrogens with zero attached hydrogens (tertiary/aromatic N) is 1. The summed E-state index contributed by atoms with van der Waals surface area (Å²) in [4.78, 5) is 16.3. The molecule has 0 unspecified atom stereocenters. The van der Waals surface area contributed by atoms with Crippen LogP contribution in [0, 0.1) is 5.92 Å². The number of fused-ring (bicyclic) bond motifs is 1. The zero-order valence-corrected chi connectivity index (χ0v) is 20.1.